The third-order valence-electron chi connectivity index (χ3n) is 1.25. The Morgan fingerprint density at radius 3 is 2.27 bits per heavy atom. The van der Waals surface area contributed by atoms with E-state index in [9.17, 15) is 0 Å². The molecule has 0 aromatic carbocycles. The second-order valence-electron chi connectivity index (χ2n) is 2.81. The van der Waals surface area contributed by atoms with Crippen molar-refractivity contribution in [3.63, 3.8) is 0 Å². The van der Waals surface area contributed by atoms with Crippen molar-refractivity contribution in [1.82, 2.24) is 0 Å². The number of hydrogen-bond donors (Lipinski definition) is 1. The van der Waals surface area contributed by atoms with Crippen LogP contribution in [0.4, 0.5) is 0 Å². The van der Waals surface area contributed by atoms with Gasteiger partial charge in [-0.25, -0.2) is 0 Å². The van der Waals surface area contributed by atoms with Gasteiger partial charge in [-0.15, -0.1) is 0 Å². The second-order valence-corrected chi connectivity index (χ2v) is 7.43. The molecule has 68 valence electrons. The standard InChI is InChI=1S/C7H16OS3/c1-5-7(4,10-8)11-9-6(2)3/h6,8H,5H2,1-4H3. The van der Waals surface area contributed by atoms with E-state index in [-0.39, 0.29) is 4.08 Å². The SMILES string of the molecule is CCC(C)(SO)SSC(C)C. The second kappa shape index (κ2) is 5.62. The highest BCUT2D eigenvalue weighted by Gasteiger charge is 2.23. The van der Waals surface area contributed by atoms with E-state index in [1.807, 2.05) is 10.8 Å². The predicted octanol–water partition coefficient (Wildman–Crippen LogP) is 4.11. The Morgan fingerprint density at radius 1 is 1.45 bits per heavy atom. The van der Waals surface area contributed by atoms with E-state index in [1.165, 1.54) is 0 Å². The Labute approximate surface area is 81.7 Å². The van der Waals surface area contributed by atoms with Gasteiger partial charge in [-0.3, -0.25) is 0 Å². The van der Waals surface area contributed by atoms with Crippen molar-refractivity contribution in [2.75, 3.05) is 0 Å². The van der Waals surface area contributed by atoms with Gasteiger partial charge in [0.1, 0.15) is 0 Å². The molecule has 1 nitrogen and oxygen atoms in total. The molecule has 0 saturated heterocycles. The molecule has 0 radical (unpaired) electrons. The van der Waals surface area contributed by atoms with E-state index < -0.39 is 0 Å². The Hall–Kier alpha value is 1.01. The molecule has 0 bridgehead atoms. The summed E-state index contributed by atoms with van der Waals surface area (Å²) in [6, 6.07) is 0. The average molecular weight is 212 g/mol. The Bertz CT molecular complexity index is 102. The van der Waals surface area contributed by atoms with Crippen LogP contribution in [0.2, 0.25) is 0 Å². The van der Waals surface area contributed by atoms with Gasteiger partial charge < -0.3 is 4.55 Å². The van der Waals surface area contributed by atoms with E-state index in [0.717, 1.165) is 18.5 Å². The zero-order valence-corrected chi connectivity index (χ0v) is 9.91. The van der Waals surface area contributed by atoms with Crippen LogP contribution in [-0.4, -0.2) is 13.9 Å². The molecule has 0 saturated carbocycles. The highest BCUT2D eigenvalue weighted by atomic mass is 33.1. The van der Waals surface area contributed by atoms with E-state index in [4.69, 9.17) is 4.55 Å². The van der Waals surface area contributed by atoms with Crippen LogP contribution >= 0.6 is 33.6 Å². The molecule has 0 aliphatic heterocycles. The normalized spacial score (nSPS) is 16.9. The van der Waals surface area contributed by atoms with Crippen molar-refractivity contribution in [2.24, 2.45) is 0 Å². The summed E-state index contributed by atoms with van der Waals surface area (Å²) < 4.78 is 8.95. The first-order valence-corrected chi connectivity index (χ1v) is 6.69. The molecule has 0 heterocycles. The minimum absolute atomic E-state index is 0.0328. The van der Waals surface area contributed by atoms with Gasteiger partial charge in [-0.1, -0.05) is 42.4 Å². The summed E-state index contributed by atoms with van der Waals surface area (Å²) in [5, 5.41) is 0.623. The van der Waals surface area contributed by atoms with Crippen LogP contribution in [0.5, 0.6) is 0 Å². The molecule has 0 aromatic heterocycles. The fraction of sp³-hybridized carbons (Fsp3) is 1.00. The van der Waals surface area contributed by atoms with Crippen molar-refractivity contribution in [2.45, 2.75) is 43.4 Å². The molecule has 0 fully saturated rings. The highest BCUT2D eigenvalue weighted by Crippen LogP contribution is 2.46. The first-order valence-electron chi connectivity index (χ1n) is 3.71. The monoisotopic (exact) mass is 212 g/mol. The highest BCUT2D eigenvalue weighted by molar-refractivity contribution is 8.78. The lowest BCUT2D eigenvalue weighted by Crippen LogP contribution is -2.11. The van der Waals surface area contributed by atoms with Gasteiger partial charge in [0.2, 0.25) is 0 Å². The smallest absolute Gasteiger partial charge is 0.0942 e. The van der Waals surface area contributed by atoms with Gasteiger partial charge >= 0.3 is 0 Å². The summed E-state index contributed by atoms with van der Waals surface area (Å²) in [5.74, 6) is 0. The Balaban J connectivity index is 3.69. The molecule has 4 heteroatoms. The maximum absolute atomic E-state index is 8.98. The lowest BCUT2D eigenvalue weighted by molar-refractivity contribution is 0.640. The summed E-state index contributed by atoms with van der Waals surface area (Å²) in [7, 11) is 3.58. The van der Waals surface area contributed by atoms with Crippen molar-refractivity contribution >= 4 is 33.6 Å². The van der Waals surface area contributed by atoms with E-state index >= 15 is 0 Å². The molecule has 11 heavy (non-hydrogen) atoms. The van der Waals surface area contributed by atoms with E-state index in [1.54, 1.807) is 10.8 Å². The Kier molecular flexibility index (Phi) is 6.14. The molecule has 0 amide bonds. The average Bonchev–Trinajstić information content (AvgIpc) is 2.00. The quantitative estimate of drug-likeness (QED) is 0.420. The van der Waals surface area contributed by atoms with E-state index in [2.05, 4.69) is 27.7 Å². The first-order chi connectivity index (χ1) is 5.04. The zero-order valence-electron chi connectivity index (χ0n) is 7.46. The van der Waals surface area contributed by atoms with Crippen molar-refractivity contribution in [1.29, 1.82) is 0 Å². The molecule has 0 rings (SSSR count). The molecular weight excluding hydrogens is 196 g/mol. The van der Waals surface area contributed by atoms with Crippen LogP contribution < -0.4 is 0 Å². The lowest BCUT2D eigenvalue weighted by atomic mass is 10.4. The summed E-state index contributed by atoms with van der Waals surface area (Å²) >= 11 is 0.956. The van der Waals surface area contributed by atoms with Crippen molar-refractivity contribution in [3.05, 3.63) is 0 Å². The molecule has 0 aromatic rings. The van der Waals surface area contributed by atoms with Gasteiger partial charge in [-0.05, 0) is 13.3 Å². The number of hydrogen-bond acceptors (Lipinski definition) is 4. The molecule has 1 atom stereocenters. The molecular formula is C7H16OS3. The summed E-state index contributed by atoms with van der Waals surface area (Å²) in [5.41, 5.74) is 0. The van der Waals surface area contributed by atoms with Gasteiger partial charge in [0.25, 0.3) is 0 Å². The maximum atomic E-state index is 8.98. The lowest BCUT2D eigenvalue weighted by Gasteiger charge is -2.23. The fourth-order valence-electron chi connectivity index (χ4n) is 0.337. The molecule has 0 aliphatic rings. The molecule has 0 spiro atoms. The van der Waals surface area contributed by atoms with Crippen LogP contribution in [0, 0.1) is 0 Å². The van der Waals surface area contributed by atoms with Gasteiger partial charge in [0, 0.05) is 17.3 Å². The zero-order chi connectivity index (χ0) is 8.91. The van der Waals surface area contributed by atoms with Crippen LogP contribution in [0.3, 0.4) is 0 Å². The largest absolute Gasteiger partial charge is 0.329 e. The third-order valence-corrected chi connectivity index (χ3v) is 6.39. The van der Waals surface area contributed by atoms with Crippen molar-refractivity contribution in [3.8, 4) is 0 Å². The molecule has 1 N–H and O–H groups in total. The molecule has 1 unspecified atom stereocenters. The molecule has 0 aliphatic carbocycles. The van der Waals surface area contributed by atoms with Crippen molar-refractivity contribution < 1.29 is 4.55 Å². The number of rotatable bonds is 5. The minimum Gasteiger partial charge on any atom is -0.329 e. The van der Waals surface area contributed by atoms with Gasteiger partial charge in [0.15, 0.2) is 0 Å². The predicted molar refractivity (Wildman–Crippen MR) is 59.2 cm³/mol. The summed E-state index contributed by atoms with van der Waals surface area (Å²) in [6.07, 6.45) is 0.985. The first kappa shape index (κ1) is 12.0. The Morgan fingerprint density at radius 2 is 2.00 bits per heavy atom. The van der Waals surface area contributed by atoms with Crippen LogP contribution in [0.1, 0.15) is 34.1 Å². The van der Waals surface area contributed by atoms with Crippen LogP contribution in [0.15, 0.2) is 0 Å². The van der Waals surface area contributed by atoms with Gasteiger partial charge in [0.05, 0.1) is 4.08 Å². The summed E-state index contributed by atoms with van der Waals surface area (Å²) in [6.45, 7) is 8.49. The minimum atomic E-state index is -0.0328. The fourth-order valence-corrected chi connectivity index (χ4v) is 3.27. The maximum Gasteiger partial charge on any atom is 0.0942 e. The van der Waals surface area contributed by atoms with Crippen LogP contribution in [0.25, 0.3) is 0 Å². The van der Waals surface area contributed by atoms with Crippen LogP contribution in [-0.2, 0) is 0 Å². The van der Waals surface area contributed by atoms with Gasteiger partial charge in [-0.2, -0.15) is 0 Å². The topological polar surface area (TPSA) is 20.2 Å². The van der Waals surface area contributed by atoms with E-state index in [0.29, 0.717) is 5.25 Å². The third kappa shape index (κ3) is 5.28. The summed E-state index contributed by atoms with van der Waals surface area (Å²) in [4.78, 5) is 0.